The van der Waals surface area contributed by atoms with Crippen molar-refractivity contribution in [3.05, 3.63) is 52.8 Å². The number of carboxylic acid groups (broad SMARTS) is 1. The van der Waals surface area contributed by atoms with Gasteiger partial charge in [-0.3, -0.25) is 14.3 Å². The maximum absolute atomic E-state index is 12.8. The minimum Gasteiger partial charge on any atom is -0.481 e. The highest BCUT2D eigenvalue weighted by Crippen LogP contribution is 2.22. The van der Waals surface area contributed by atoms with Crippen molar-refractivity contribution < 1.29 is 14.7 Å². The molecule has 0 bridgehead atoms. The third kappa shape index (κ3) is 4.96. The Morgan fingerprint density at radius 3 is 2.59 bits per heavy atom. The summed E-state index contributed by atoms with van der Waals surface area (Å²) in [6, 6.07) is 9.77. The number of aryl methyl sites for hydroxylation is 2. The Hall–Kier alpha value is -2.63. The first-order valence-corrected chi connectivity index (χ1v) is 9.53. The average Bonchev–Trinajstić information content (AvgIpc) is 2.97. The zero-order valence-corrected chi connectivity index (χ0v) is 16.0. The fraction of sp³-hybridized carbons (Fsp3) is 0.476. The van der Waals surface area contributed by atoms with Crippen molar-refractivity contribution in [2.24, 2.45) is 5.92 Å². The molecule has 6 nitrogen and oxygen atoms in total. The number of carboxylic acids is 1. The normalized spacial score (nSPS) is 17.1. The summed E-state index contributed by atoms with van der Waals surface area (Å²) >= 11 is 0. The van der Waals surface area contributed by atoms with E-state index in [-0.39, 0.29) is 18.2 Å². The van der Waals surface area contributed by atoms with E-state index in [1.165, 1.54) is 0 Å². The molecule has 1 fully saturated rings. The van der Waals surface area contributed by atoms with Crippen LogP contribution < -0.4 is 0 Å². The molecule has 0 aliphatic carbocycles. The monoisotopic (exact) mass is 369 g/mol. The Kier molecular flexibility index (Phi) is 5.94. The predicted octanol–water partition coefficient (Wildman–Crippen LogP) is 3.27. The Morgan fingerprint density at radius 1 is 1.22 bits per heavy atom. The number of carbonyl (C=O) groups excluding carboxylic acids is 1. The lowest BCUT2D eigenvalue weighted by molar-refractivity contribution is -0.137. The Morgan fingerprint density at radius 2 is 1.96 bits per heavy atom. The molecule has 1 aromatic heterocycles. The molecule has 1 aliphatic heterocycles. The third-order valence-corrected chi connectivity index (χ3v) is 5.21. The quantitative estimate of drug-likeness (QED) is 0.848. The van der Waals surface area contributed by atoms with E-state index >= 15 is 0 Å². The molecule has 1 amide bonds. The van der Waals surface area contributed by atoms with Gasteiger partial charge in [0, 0.05) is 30.8 Å². The van der Waals surface area contributed by atoms with Crippen LogP contribution in [0.4, 0.5) is 0 Å². The van der Waals surface area contributed by atoms with Gasteiger partial charge in [-0.05, 0) is 62.8 Å². The number of benzene rings is 1. The van der Waals surface area contributed by atoms with Crippen LogP contribution in [0, 0.1) is 19.8 Å². The standard InChI is InChI=1S/C21H27N3O3/c1-15-12-16(2)24(22-15)14-18-5-8-19(9-6-18)21(27)23-11-3-4-17(13-23)7-10-20(25)26/h5-6,8-9,12,17H,3-4,7,10-11,13-14H2,1-2H3,(H,25,26). The van der Waals surface area contributed by atoms with Crippen LogP contribution in [-0.4, -0.2) is 44.8 Å². The van der Waals surface area contributed by atoms with Crippen molar-refractivity contribution in [3.8, 4) is 0 Å². The maximum atomic E-state index is 12.8. The first-order valence-electron chi connectivity index (χ1n) is 9.53. The second-order valence-electron chi connectivity index (χ2n) is 7.47. The number of carbonyl (C=O) groups is 2. The molecule has 2 heterocycles. The van der Waals surface area contributed by atoms with Crippen molar-refractivity contribution in [2.75, 3.05) is 13.1 Å². The molecule has 1 aromatic carbocycles. The number of likely N-dealkylation sites (tertiary alicyclic amines) is 1. The Labute approximate surface area is 159 Å². The van der Waals surface area contributed by atoms with Crippen LogP contribution >= 0.6 is 0 Å². The second kappa shape index (κ2) is 8.37. The molecule has 1 aliphatic rings. The van der Waals surface area contributed by atoms with Crippen LogP contribution in [0.2, 0.25) is 0 Å². The van der Waals surface area contributed by atoms with Crippen LogP contribution in [0.1, 0.15) is 53.0 Å². The summed E-state index contributed by atoms with van der Waals surface area (Å²) in [5, 5.41) is 13.3. The highest BCUT2D eigenvalue weighted by atomic mass is 16.4. The number of aromatic nitrogens is 2. The van der Waals surface area contributed by atoms with Gasteiger partial charge in [-0.2, -0.15) is 5.10 Å². The van der Waals surface area contributed by atoms with E-state index in [4.69, 9.17) is 5.11 Å². The van der Waals surface area contributed by atoms with E-state index in [1.54, 1.807) is 0 Å². The third-order valence-electron chi connectivity index (χ3n) is 5.21. The summed E-state index contributed by atoms with van der Waals surface area (Å²) in [4.78, 5) is 25.4. The summed E-state index contributed by atoms with van der Waals surface area (Å²) in [5.41, 5.74) is 3.91. The van der Waals surface area contributed by atoms with Gasteiger partial charge in [0.1, 0.15) is 0 Å². The van der Waals surface area contributed by atoms with Crippen molar-refractivity contribution in [3.63, 3.8) is 0 Å². The van der Waals surface area contributed by atoms with Crippen molar-refractivity contribution in [2.45, 2.75) is 46.1 Å². The Balaban J connectivity index is 1.61. The number of hydrogen-bond acceptors (Lipinski definition) is 3. The largest absolute Gasteiger partial charge is 0.481 e. The van der Waals surface area contributed by atoms with E-state index < -0.39 is 5.97 Å². The molecule has 3 rings (SSSR count). The summed E-state index contributed by atoms with van der Waals surface area (Å²) in [6.07, 6.45) is 2.75. The van der Waals surface area contributed by atoms with Crippen molar-refractivity contribution in [1.82, 2.24) is 14.7 Å². The molecule has 6 heteroatoms. The molecule has 1 saturated heterocycles. The van der Waals surface area contributed by atoms with Gasteiger partial charge in [0.15, 0.2) is 0 Å². The lowest BCUT2D eigenvalue weighted by atomic mass is 9.93. The maximum Gasteiger partial charge on any atom is 0.303 e. The van der Waals surface area contributed by atoms with E-state index in [1.807, 2.05) is 47.7 Å². The molecule has 2 aromatic rings. The second-order valence-corrected chi connectivity index (χ2v) is 7.47. The van der Waals surface area contributed by atoms with Gasteiger partial charge in [-0.25, -0.2) is 0 Å². The minimum absolute atomic E-state index is 0.0349. The van der Waals surface area contributed by atoms with E-state index in [0.717, 1.165) is 36.3 Å². The molecule has 144 valence electrons. The highest BCUT2D eigenvalue weighted by molar-refractivity contribution is 5.94. The van der Waals surface area contributed by atoms with Crippen LogP contribution in [0.5, 0.6) is 0 Å². The number of aliphatic carboxylic acids is 1. The zero-order valence-electron chi connectivity index (χ0n) is 16.0. The number of piperidine rings is 1. The first-order chi connectivity index (χ1) is 12.9. The predicted molar refractivity (Wildman–Crippen MR) is 103 cm³/mol. The zero-order chi connectivity index (χ0) is 19.4. The van der Waals surface area contributed by atoms with E-state index in [2.05, 4.69) is 11.2 Å². The van der Waals surface area contributed by atoms with Gasteiger partial charge in [-0.15, -0.1) is 0 Å². The van der Waals surface area contributed by atoms with Gasteiger partial charge in [0.25, 0.3) is 5.91 Å². The average molecular weight is 369 g/mol. The number of hydrogen-bond donors (Lipinski definition) is 1. The lowest BCUT2D eigenvalue weighted by Gasteiger charge is -2.32. The first kappa shape index (κ1) is 19.1. The van der Waals surface area contributed by atoms with Crippen molar-refractivity contribution >= 4 is 11.9 Å². The van der Waals surface area contributed by atoms with E-state index in [0.29, 0.717) is 25.1 Å². The molecule has 0 saturated carbocycles. The molecule has 1 N–H and O–H groups in total. The van der Waals surface area contributed by atoms with E-state index in [9.17, 15) is 9.59 Å². The molecule has 27 heavy (non-hydrogen) atoms. The highest BCUT2D eigenvalue weighted by Gasteiger charge is 2.24. The molecule has 1 atom stereocenters. The molecule has 0 spiro atoms. The molecular weight excluding hydrogens is 342 g/mol. The molecule has 0 radical (unpaired) electrons. The summed E-state index contributed by atoms with van der Waals surface area (Å²) in [5.74, 6) is -0.451. The van der Waals surface area contributed by atoms with Gasteiger partial charge in [0.2, 0.25) is 0 Å². The van der Waals surface area contributed by atoms with Gasteiger partial charge >= 0.3 is 5.97 Å². The smallest absolute Gasteiger partial charge is 0.303 e. The minimum atomic E-state index is -0.767. The summed E-state index contributed by atoms with van der Waals surface area (Å²) in [6.45, 7) is 6.10. The van der Waals surface area contributed by atoms with Gasteiger partial charge < -0.3 is 10.0 Å². The lowest BCUT2D eigenvalue weighted by Crippen LogP contribution is -2.40. The fourth-order valence-electron chi connectivity index (χ4n) is 3.76. The Bertz CT molecular complexity index is 811. The molecule has 1 unspecified atom stereocenters. The summed E-state index contributed by atoms with van der Waals surface area (Å²) < 4.78 is 1.96. The van der Waals surface area contributed by atoms with Gasteiger partial charge in [-0.1, -0.05) is 12.1 Å². The summed E-state index contributed by atoms with van der Waals surface area (Å²) in [7, 11) is 0. The van der Waals surface area contributed by atoms with Crippen LogP contribution in [0.25, 0.3) is 0 Å². The van der Waals surface area contributed by atoms with Gasteiger partial charge in [0.05, 0.1) is 12.2 Å². The fourth-order valence-corrected chi connectivity index (χ4v) is 3.76. The topological polar surface area (TPSA) is 75.4 Å². The number of rotatable bonds is 6. The van der Waals surface area contributed by atoms with Crippen LogP contribution in [0.15, 0.2) is 30.3 Å². The number of amides is 1. The van der Waals surface area contributed by atoms with Crippen molar-refractivity contribution in [1.29, 1.82) is 0 Å². The SMILES string of the molecule is Cc1cc(C)n(Cc2ccc(C(=O)N3CCCC(CCC(=O)O)C3)cc2)n1. The van der Waals surface area contributed by atoms with Crippen LogP contribution in [0.3, 0.4) is 0 Å². The molecular formula is C21H27N3O3. The van der Waals surface area contributed by atoms with Crippen LogP contribution in [-0.2, 0) is 11.3 Å². The number of nitrogens with zero attached hydrogens (tertiary/aromatic N) is 3.